The number of esters is 1. The average molecular weight is 544 g/mol. The minimum atomic E-state index is -0.429. The number of nitrogens with zero attached hydrogens (tertiary/aromatic N) is 3. The first-order chi connectivity index (χ1) is 17.7. The Bertz CT molecular complexity index is 1250. The van der Waals surface area contributed by atoms with Crippen molar-refractivity contribution in [3.63, 3.8) is 0 Å². The second-order valence-electron chi connectivity index (χ2n) is 8.66. The van der Waals surface area contributed by atoms with Gasteiger partial charge in [0.15, 0.2) is 11.0 Å². The Morgan fingerprint density at radius 1 is 1.08 bits per heavy atom. The Labute approximate surface area is 225 Å². The number of hydrogen-bond donors (Lipinski definition) is 2. The highest BCUT2D eigenvalue weighted by atomic mass is 35.5. The summed E-state index contributed by atoms with van der Waals surface area (Å²) < 4.78 is 6.92. The molecule has 0 aliphatic carbocycles. The van der Waals surface area contributed by atoms with Crippen molar-refractivity contribution in [1.82, 2.24) is 20.1 Å². The molecule has 0 bridgehead atoms. The van der Waals surface area contributed by atoms with Crippen LogP contribution in [0.5, 0.6) is 0 Å². The van der Waals surface area contributed by atoms with Crippen molar-refractivity contribution in [3.05, 3.63) is 70.5 Å². The summed E-state index contributed by atoms with van der Waals surface area (Å²) in [5, 5.41) is 15.4. The van der Waals surface area contributed by atoms with Crippen molar-refractivity contribution in [2.24, 2.45) is 13.0 Å². The lowest BCUT2D eigenvalue weighted by Gasteiger charge is -2.21. The third-order valence-corrected chi connectivity index (χ3v) is 6.63. The van der Waals surface area contributed by atoms with Gasteiger partial charge in [0, 0.05) is 23.3 Å². The maximum absolute atomic E-state index is 12.8. The molecule has 9 nitrogen and oxygen atoms in total. The van der Waals surface area contributed by atoms with Crippen molar-refractivity contribution in [3.8, 4) is 0 Å². The van der Waals surface area contributed by atoms with E-state index in [1.54, 1.807) is 60.1 Å². The van der Waals surface area contributed by atoms with Crippen LogP contribution in [0.1, 0.15) is 59.8 Å². The maximum Gasteiger partial charge on any atom is 0.338 e. The Hall–Kier alpha value is -3.37. The van der Waals surface area contributed by atoms with Crippen LogP contribution in [0.15, 0.2) is 53.7 Å². The normalized spacial score (nSPS) is 11.7. The summed E-state index contributed by atoms with van der Waals surface area (Å²) in [5.74, 6) is -0.227. The fourth-order valence-electron chi connectivity index (χ4n) is 3.41. The number of amides is 2. The smallest absolute Gasteiger partial charge is 0.338 e. The molecule has 2 N–H and O–H groups in total. The van der Waals surface area contributed by atoms with E-state index in [2.05, 4.69) is 20.8 Å². The van der Waals surface area contributed by atoms with Crippen LogP contribution in [-0.4, -0.2) is 44.9 Å². The predicted molar refractivity (Wildman–Crippen MR) is 144 cm³/mol. The van der Waals surface area contributed by atoms with Crippen LogP contribution in [0.4, 0.5) is 5.69 Å². The molecule has 0 saturated carbocycles. The van der Waals surface area contributed by atoms with E-state index in [4.69, 9.17) is 16.3 Å². The number of anilines is 1. The van der Waals surface area contributed by atoms with Crippen molar-refractivity contribution >= 4 is 46.8 Å². The topological polar surface area (TPSA) is 115 Å². The zero-order chi connectivity index (χ0) is 26.9. The molecule has 11 heteroatoms. The van der Waals surface area contributed by atoms with Gasteiger partial charge in [-0.15, -0.1) is 10.2 Å². The molecule has 196 valence electrons. The number of hydrogen-bond acceptors (Lipinski definition) is 7. The second-order valence-corrected chi connectivity index (χ2v) is 10.0. The summed E-state index contributed by atoms with van der Waals surface area (Å²) in [7, 11) is 1.80. The largest absolute Gasteiger partial charge is 0.462 e. The molecule has 0 aliphatic rings. The first-order valence-corrected chi connectivity index (χ1v) is 13.2. The number of halogens is 1. The fraction of sp³-hybridized carbons (Fsp3) is 0.346. The quantitative estimate of drug-likeness (QED) is 0.261. The van der Waals surface area contributed by atoms with Crippen LogP contribution in [0.25, 0.3) is 0 Å². The van der Waals surface area contributed by atoms with Gasteiger partial charge in [0.05, 0.1) is 24.0 Å². The van der Waals surface area contributed by atoms with Gasteiger partial charge in [0.1, 0.15) is 0 Å². The van der Waals surface area contributed by atoms with Gasteiger partial charge < -0.3 is 19.9 Å². The van der Waals surface area contributed by atoms with Crippen LogP contribution in [-0.2, 0) is 16.6 Å². The van der Waals surface area contributed by atoms with E-state index >= 15 is 0 Å². The number of nitrogens with one attached hydrogen (secondary N) is 2. The van der Waals surface area contributed by atoms with Gasteiger partial charge in [-0.2, -0.15) is 0 Å². The minimum absolute atomic E-state index is 0.0385. The molecular weight excluding hydrogens is 514 g/mol. The molecule has 1 heterocycles. The van der Waals surface area contributed by atoms with Gasteiger partial charge in [-0.1, -0.05) is 50.2 Å². The molecular formula is C26H30ClN5O4S. The van der Waals surface area contributed by atoms with E-state index in [9.17, 15) is 14.4 Å². The maximum atomic E-state index is 12.8. The van der Waals surface area contributed by atoms with Crippen molar-refractivity contribution in [2.75, 3.05) is 17.7 Å². The highest BCUT2D eigenvalue weighted by Gasteiger charge is 2.25. The van der Waals surface area contributed by atoms with Gasteiger partial charge in [-0.25, -0.2) is 4.79 Å². The molecule has 0 radical (unpaired) electrons. The van der Waals surface area contributed by atoms with E-state index in [0.29, 0.717) is 39.4 Å². The second kappa shape index (κ2) is 13.3. The molecule has 0 spiro atoms. The molecule has 0 saturated heterocycles. The van der Waals surface area contributed by atoms with Gasteiger partial charge in [-0.3, -0.25) is 9.59 Å². The Morgan fingerprint density at radius 2 is 1.81 bits per heavy atom. The lowest BCUT2D eigenvalue weighted by Crippen LogP contribution is -2.33. The summed E-state index contributed by atoms with van der Waals surface area (Å²) >= 11 is 7.14. The molecule has 1 atom stereocenters. The number of ether oxygens (including phenoxy) is 1. The van der Waals surface area contributed by atoms with Crippen LogP contribution in [0, 0.1) is 5.92 Å². The highest BCUT2D eigenvalue weighted by Crippen LogP contribution is 2.25. The minimum Gasteiger partial charge on any atom is -0.462 e. The molecule has 0 aliphatic heterocycles. The fourth-order valence-corrected chi connectivity index (χ4v) is 4.25. The van der Waals surface area contributed by atoms with E-state index in [1.165, 1.54) is 11.8 Å². The van der Waals surface area contributed by atoms with Gasteiger partial charge in [0.2, 0.25) is 5.91 Å². The standard InChI is InChI=1S/C26H30ClN5O4S/c1-5-13-36-25(35)18-7-6-8-20(14-18)28-21(33)15-37-26-31-30-23(32(26)4)22(16(2)3)29-24(34)17-9-11-19(27)12-10-17/h6-12,14,16,22H,5,13,15H2,1-4H3,(H,28,33)(H,29,34)/t22-/m0/s1. The molecule has 2 amide bonds. The molecule has 37 heavy (non-hydrogen) atoms. The van der Waals surface area contributed by atoms with E-state index in [0.717, 1.165) is 6.42 Å². The van der Waals surface area contributed by atoms with Gasteiger partial charge in [-0.05, 0) is 54.8 Å². The molecule has 0 fully saturated rings. The molecule has 1 aromatic heterocycles. The summed E-state index contributed by atoms with van der Waals surface area (Å²) in [6, 6.07) is 12.9. The average Bonchev–Trinajstić information content (AvgIpc) is 3.24. The third-order valence-electron chi connectivity index (χ3n) is 5.36. The highest BCUT2D eigenvalue weighted by molar-refractivity contribution is 7.99. The molecule has 3 aromatic rings. The van der Waals surface area contributed by atoms with Gasteiger partial charge >= 0.3 is 5.97 Å². The number of rotatable bonds is 11. The zero-order valence-electron chi connectivity index (χ0n) is 21.2. The lowest BCUT2D eigenvalue weighted by atomic mass is 10.0. The van der Waals surface area contributed by atoms with Crippen LogP contribution in [0.3, 0.4) is 0 Å². The summed E-state index contributed by atoms with van der Waals surface area (Å²) in [5.41, 5.74) is 1.36. The molecule has 3 rings (SSSR count). The van der Waals surface area contributed by atoms with Crippen molar-refractivity contribution < 1.29 is 19.1 Å². The number of thioether (sulfide) groups is 1. The van der Waals surface area contributed by atoms with Crippen LogP contribution >= 0.6 is 23.4 Å². The van der Waals surface area contributed by atoms with E-state index < -0.39 is 5.97 Å². The Morgan fingerprint density at radius 3 is 2.49 bits per heavy atom. The number of aromatic nitrogens is 3. The number of carbonyl (C=O) groups excluding carboxylic acids is 3. The third kappa shape index (κ3) is 7.80. The Kier molecular flexibility index (Phi) is 10.1. The summed E-state index contributed by atoms with van der Waals surface area (Å²) in [6.45, 7) is 6.22. The summed E-state index contributed by atoms with van der Waals surface area (Å²) in [6.07, 6.45) is 0.732. The van der Waals surface area contributed by atoms with Crippen LogP contribution in [0.2, 0.25) is 5.02 Å². The lowest BCUT2D eigenvalue weighted by molar-refractivity contribution is -0.113. The first-order valence-electron chi connectivity index (χ1n) is 11.8. The van der Waals surface area contributed by atoms with Gasteiger partial charge in [0.25, 0.3) is 5.91 Å². The van der Waals surface area contributed by atoms with Crippen LogP contribution < -0.4 is 10.6 Å². The number of carbonyl (C=O) groups is 3. The first kappa shape index (κ1) is 28.2. The zero-order valence-corrected chi connectivity index (χ0v) is 22.7. The SMILES string of the molecule is CCCOC(=O)c1cccc(NC(=O)CSc2nnc([C@@H](NC(=O)c3ccc(Cl)cc3)C(C)C)n2C)c1. The van der Waals surface area contributed by atoms with Crippen molar-refractivity contribution in [2.45, 2.75) is 38.4 Å². The monoisotopic (exact) mass is 543 g/mol. The van der Waals surface area contributed by atoms with E-state index in [-0.39, 0.29) is 29.5 Å². The predicted octanol–water partition coefficient (Wildman–Crippen LogP) is 4.89. The summed E-state index contributed by atoms with van der Waals surface area (Å²) in [4.78, 5) is 37.4. The number of benzene rings is 2. The Balaban J connectivity index is 1.62. The molecule has 2 aromatic carbocycles. The molecule has 0 unspecified atom stereocenters. The van der Waals surface area contributed by atoms with Crippen molar-refractivity contribution in [1.29, 1.82) is 0 Å². The van der Waals surface area contributed by atoms with E-state index in [1.807, 2.05) is 20.8 Å².